The maximum absolute atomic E-state index is 5.70. The first kappa shape index (κ1) is 14.8. The van der Waals surface area contributed by atoms with E-state index in [0.717, 1.165) is 22.7 Å². The Morgan fingerprint density at radius 2 is 2.13 bits per heavy atom. The van der Waals surface area contributed by atoms with Crippen LogP contribution in [0.4, 0.5) is 5.82 Å². The van der Waals surface area contributed by atoms with Crippen molar-refractivity contribution in [2.24, 2.45) is 7.05 Å². The monoisotopic (exact) mass is 317 g/mol. The second-order valence-corrected chi connectivity index (χ2v) is 6.37. The normalized spacial score (nSPS) is 22.7. The van der Waals surface area contributed by atoms with E-state index in [2.05, 4.69) is 10.4 Å². The maximum atomic E-state index is 5.70. The number of hydrogen-bond acceptors (Lipinski definition) is 6. The van der Waals surface area contributed by atoms with E-state index in [1.54, 1.807) is 0 Å². The van der Waals surface area contributed by atoms with Gasteiger partial charge in [0, 0.05) is 19.5 Å². The number of fused-ring (bicyclic) bond motifs is 1. The molecule has 23 heavy (non-hydrogen) atoms. The molecule has 2 aliphatic rings. The van der Waals surface area contributed by atoms with Crippen molar-refractivity contribution in [3.63, 3.8) is 0 Å². The largest absolute Gasteiger partial charge is 0.376 e. The predicted molar refractivity (Wildman–Crippen MR) is 86.6 cm³/mol. The van der Waals surface area contributed by atoms with Crippen LogP contribution in [0.1, 0.15) is 37.4 Å². The predicted octanol–water partition coefficient (Wildman–Crippen LogP) is 1.85. The molecule has 4 rings (SSSR count). The van der Waals surface area contributed by atoms with E-state index in [9.17, 15) is 0 Å². The summed E-state index contributed by atoms with van der Waals surface area (Å²) in [4.78, 5) is 9.57. The van der Waals surface area contributed by atoms with E-state index in [4.69, 9.17) is 19.4 Å². The summed E-state index contributed by atoms with van der Waals surface area (Å²) in [7, 11) is 1.93. The molecule has 2 aromatic heterocycles. The van der Waals surface area contributed by atoms with Crippen molar-refractivity contribution in [2.75, 3.05) is 31.7 Å². The van der Waals surface area contributed by atoms with E-state index in [1.807, 2.05) is 17.9 Å². The number of nitrogens with zero attached hydrogens (tertiary/aromatic N) is 4. The molecule has 0 spiro atoms. The molecule has 1 aliphatic carbocycles. The Labute approximate surface area is 135 Å². The SMILES string of the molecule is Cn1ncc2c(NC[C@@H]3COCCO3)nc(C3CCCC3)nc21. The molecule has 124 valence electrons. The highest BCUT2D eigenvalue weighted by Crippen LogP contribution is 2.34. The van der Waals surface area contributed by atoms with E-state index in [1.165, 1.54) is 25.7 Å². The molecule has 0 aromatic carbocycles. The van der Waals surface area contributed by atoms with E-state index >= 15 is 0 Å². The van der Waals surface area contributed by atoms with Crippen LogP contribution in [-0.2, 0) is 16.5 Å². The third kappa shape index (κ3) is 3.03. The van der Waals surface area contributed by atoms with Crippen LogP contribution >= 0.6 is 0 Å². The van der Waals surface area contributed by atoms with Gasteiger partial charge in [0.2, 0.25) is 0 Å². The van der Waals surface area contributed by atoms with Gasteiger partial charge in [-0.15, -0.1) is 0 Å². The highest BCUT2D eigenvalue weighted by molar-refractivity contribution is 5.86. The molecule has 1 saturated carbocycles. The number of aromatic nitrogens is 4. The molecule has 1 saturated heterocycles. The molecular weight excluding hydrogens is 294 g/mol. The second kappa shape index (κ2) is 6.41. The van der Waals surface area contributed by atoms with Gasteiger partial charge in [0.15, 0.2) is 5.65 Å². The lowest BCUT2D eigenvalue weighted by molar-refractivity contribution is -0.0819. The van der Waals surface area contributed by atoms with Crippen molar-refractivity contribution in [1.29, 1.82) is 0 Å². The second-order valence-electron chi connectivity index (χ2n) is 6.37. The summed E-state index contributed by atoms with van der Waals surface area (Å²) in [5.41, 5.74) is 0.894. The summed E-state index contributed by atoms with van der Waals surface area (Å²) in [6.07, 6.45) is 6.81. The van der Waals surface area contributed by atoms with Gasteiger partial charge in [-0.3, -0.25) is 4.68 Å². The molecule has 2 aromatic rings. The van der Waals surface area contributed by atoms with Crippen LogP contribution in [0.3, 0.4) is 0 Å². The fourth-order valence-electron chi connectivity index (χ4n) is 3.41. The molecule has 7 nitrogen and oxygen atoms in total. The summed E-state index contributed by atoms with van der Waals surface area (Å²) in [5, 5.41) is 8.73. The molecule has 7 heteroatoms. The van der Waals surface area contributed by atoms with Gasteiger partial charge in [0.05, 0.1) is 37.5 Å². The van der Waals surface area contributed by atoms with Crippen LogP contribution in [0.15, 0.2) is 6.20 Å². The number of hydrogen-bond donors (Lipinski definition) is 1. The maximum Gasteiger partial charge on any atom is 0.163 e. The van der Waals surface area contributed by atoms with Crippen molar-refractivity contribution < 1.29 is 9.47 Å². The first-order valence-electron chi connectivity index (χ1n) is 8.44. The van der Waals surface area contributed by atoms with Gasteiger partial charge in [-0.05, 0) is 12.8 Å². The number of ether oxygens (including phenoxy) is 2. The van der Waals surface area contributed by atoms with Crippen LogP contribution in [0.2, 0.25) is 0 Å². The minimum Gasteiger partial charge on any atom is -0.376 e. The molecular formula is C16H23N5O2. The number of aryl methyl sites for hydroxylation is 1. The fraction of sp³-hybridized carbons (Fsp3) is 0.688. The Kier molecular flexibility index (Phi) is 4.13. The first-order chi connectivity index (χ1) is 11.3. The molecule has 0 bridgehead atoms. The molecule has 2 fully saturated rings. The summed E-state index contributed by atoms with van der Waals surface area (Å²) in [6.45, 7) is 2.66. The standard InChI is InChI=1S/C16H23N5O2/c1-21-16-13(9-18-21)15(17-8-12-10-22-6-7-23-12)19-14(20-16)11-4-2-3-5-11/h9,11-12H,2-8,10H2,1H3,(H,17,19,20)/t12-/m1/s1. The van der Waals surface area contributed by atoms with Crippen LogP contribution in [-0.4, -0.2) is 52.2 Å². The Balaban J connectivity index is 1.60. The minimum atomic E-state index is 0.0698. The fourth-order valence-corrected chi connectivity index (χ4v) is 3.41. The van der Waals surface area contributed by atoms with E-state index in [0.29, 0.717) is 32.3 Å². The summed E-state index contributed by atoms with van der Waals surface area (Å²) in [6, 6.07) is 0. The molecule has 1 N–H and O–H groups in total. The third-order valence-corrected chi connectivity index (χ3v) is 4.71. The van der Waals surface area contributed by atoms with Crippen molar-refractivity contribution in [1.82, 2.24) is 19.7 Å². The van der Waals surface area contributed by atoms with Crippen LogP contribution in [0, 0.1) is 0 Å². The Morgan fingerprint density at radius 3 is 2.91 bits per heavy atom. The van der Waals surface area contributed by atoms with Crippen molar-refractivity contribution in [3.8, 4) is 0 Å². The highest BCUT2D eigenvalue weighted by atomic mass is 16.6. The lowest BCUT2D eigenvalue weighted by Crippen LogP contribution is -2.34. The molecule has 0 radical (unpaired) electrons. The van der Waals surface area contributed by atoms with Crippen LogP contribution in [0.25, 0.3) is 11.0 Å². The third-order valence-electron chi connectivity index (χ3n) is 4.71. The Hall–Kier alpha value is -1.73. The van der Waals surface area contributed by atoms with Crippen molar-refractivity contribution >= 4 is 16.9 Å². The average molecular weight is 317 g/mol. The van der Waals surface area contributed by atoms with Crippen molar-refractivity contribution in [3.05, 3.63) is 12.0 Å². The number of nitrogens with one attached hydrogen (secondary N) is 1. The number of anilines is 1. The van der Waals surface area contributed by atoms with Crippen LogP contribution in [0.5, 0.6) is 0 Å². The molecule has 1 atom stereocenters. The van der Waals surface area contributed by atoms with E-state index < -0.39 is 0 Å². The number of rotatable bonds is 4. The Bertz CT molecular complexity index is 674. The summed E-state index contributed by atoms with van der Waals surface area (Å²) < 4.78 is 13.0. The first-order valence-corrected chi connectivity index (χ1v) is 8.44. The van der Waals surface area contributed by atoms with Crippen molar-refractivity contribution in [2.45, 2.75) is 37.7 Å². The zero-order valence-corrected chi connectivity index (χ0v) is 13.5. The topological polar surface area (TPSA) is 74.1 Å². The zero-order valence-electron chi connectivity index (χ0n) is 13.5. The molecule has 0 unspecified atom stereocenters. The van der Waals surface area contributed by atoms with Crippen LogP contribution < -0.4 is 5.32 Å². The van der Waals surface area contributed by atoms with Gasteiger partial charge in [-0.25, -0.2) is 9.97 Å². The van der Waals surface area contributed by atoms with Gasteiger partial charge in [0.1, 0.15) is 11.6 Å². The van der Waals surface area contributed by atoms with Gasteiger partial charge < -0.3 is 14.8 Å². The average Bonchev–Trinajstić information content (AvgIpc) is 3.24. The summed E-state index contributed by atoms with van der Waals surface area (Å²) in [5.74, 6) is 2.28. The lowest BCUT2D eigenvalue weighted by Gasteiger charge is -2.23. The van der Waals surface area contributed by atoms with Gasteiger partial charge in [-0.2, -0.15) is 5.10 Å². The van der Waals surface area contributed by atoms with E-state index in [-0.39, 0.29) is 6.10 Å². The molecule has 1 aliphatic heterocycles. The Morgan fingerprint density at radius 1 is 1.26 bits per heavy atom. The minimum absolute atomic E-state index is 0.0698. The summed E-state index contributed by atoms with van der Waals surface area (Å²) >= 11 is 0. The molecule has 3 heterocycles. The lowest BCUT2D eigenvalue weighted by atomic mass is 10.1. The van der Waals surface area contributed by atoms with Gasteiger partial charge in [0.25, 0.3) is 0 Å². The smallest absolute Gasteiger partial charge is 0.163 e. The van der Waals surface area contributed by atoms with Gasteiger partial charge >= 0.3 is 0 Å². The van der Waals surface area contributed by atoms with Gasteiger partial charge in [-0.1, -0.05) is 12.8 Å². The zero-order chi connectivity index (χ0) is 15.6. The quantitative estimate of drug-likeness (QED) is 0.927. The molecule has 0 amide bonds. The highest BCUT2D eigenvalue weighted by Gasteiger charge is 2.23.